The van der Waals surface area contributed by atoms with Crippen LogP contribution in [0.4, 0.5) is 20.5 Å². The largest absolute Gasteiger partial charge is 0.372 e. The van der Waals surface area contributed by atoms with Gasteiger partial charge in [-0.15, -0.1) is 0 Å². The number of anilines is 2. The molecule has 1 N–H and O–H groups in total. The van der Waals surface area contributed by atoms with Crippen molar-refractivity contribution in [2.75, 3.05) is 45.7 Å². The molecule has 9 nitrogen and oxygen atoms in total. The Kier molecular flexibility index (Phi) is 8.81. The molecule has 42 heavy (non-hydrogen) atoms. The van der Waals surface area contributed by atoms with E-state index in [4.69, 9.17) is 4.74 Å². The van der Waals surface area contributed by atoms with Crippen LogP contribution in [0.5, 0.6) is 0 Å². The summed E-state index contributed by atoms with van der Waals surface area (Å²) in [4.78, 5) is 22.0. The molecule has 11 heteroatoms. The van der Waals surface area contributed by atoms with Crippen LogP contribution in [0.15, 0.2) is 36.7 Å². The van der Waals surface area contributed by atoms with Crippen molar-refractivity contribution >= 4 is 22.8 Å². The molecule has 1 aliphatic heterocycles. The number of rotatable bonds is 10. The number of hydrogen-bond donors (Lipinski definition) is 1. The maximum Gasteiger partial charge on any atom is 0.229 e. The van der Waals surface area contributed by atoms with Crippen molar-refractivity contribution in [3.8, 4) is 11.3 Å². The van der Waals surface area contributed by atoms with Gasteiger partial charge in [-0.3, -0.25) is 4.90 Å². The number of halogens is 2. The molecule has 4 heterocycles. The molecule has 1 aromatic carbocycles. The zero-order valence-electron chi connectivity index (χ0n) is 25.3. The molecule has 1 atom stereocenters. The molecule has 0 unspecified atom stereocenters. The van der Waals surface area contributed by atoms with Crippen LogP contribution in [0, 0.1) is 18.6 Å². The van der Waals surface area contributed by atoms with Gasteiger partial charge in [-0.25, -0.2) is 28.7 Å². The second kappa shape index (κ2) is 12.4. The van der Waals surface area contributed by atoms with Gasteiger partial charge in [-0.2, -0.15) is 0 Å². The van der Waals surface area contributed by atoms with Crippen LogP contribution in [0.1, 0.15) is 51.0 Å². The van der Waals surface area contributed by atoms with Crippen molar-refractivity contribution in [1.29, 1.82) is 0 Å². The molecule has 0 spiro atoms. The lowest BCUT2D eigenvalue weighted by molar-refractivity contribution is -0.119. The molecular weight excluding hydrogens is 538 g/mol. The fourth-order valence-electron chi connectivity index (χ4n) is 5.68. The molecule has 0 saturated carbocycles. The van der Waals surface area contributed by atoms with Crippen LogP contribution in [-0.2, 0) is 11.3 Å². The van der Waals surface area contributed by atoms with Gasteiger partial charge in [0, 0.05) is 44.0 Å². The van der Waals surface area contributed by atoms with Crippen LogP contribution < -0.4 is 5.32 Å². The zero-order valence-corrected chi connectivity index (χ0v) is 25.3. The van der Waals surface area contributed by atoms with Gasteiger partial charge in [0.05, 0.1) is 23.9 Å². The molecule has 4 aromatic rings. The second-order valence-corrected chi connectivity index (χ2v) is 11.7. The molecule has 0 bridgehead atoms. The van der Waals surface area contributed by atoms with Crippen LogP contribution in [0.25, 0.3) is 22.3 Å². The quantitative estimate of drug-likeness (QED) is 0.255. The summed E-state index contributed by atoms with van der Waals surface area (Å²) in [6.07, 6.45) is 4.88. The number of fused-ring (bicyclic) bond motifs is 1. The second-order valence-electron chi connectivity index (χ2n) is 11.7. The van der Waals surface area contributed by atoms with Gasteiger partial charge in [0.15, 0.2) is 11.6 Å². The van der Waals surface area contributed by atoms with Crippen LogP contribution in [0.3, 0.4) is 0 Å². The van der Waals surface area contributed by atoms with E-state index in [0.29, 0.717) is 22.7 Å². The Morgan fingerprint density at radius 2 is 1.90 bits per heavy atom. The topological polar surface area (TPSA) is 84.2 Å². The van der Waals surface area contributed by atoms with Gasteiger partial charge in [0.2, 0.25) is 5.95 Å². The normalized spacial score (nSPS) is 18.0. The minimum absolute atomic E-state index is 0.0000658. The van der Waals surface area contributed by atoms with E-state index in [1.807, 2.05) is 43.7 Å². The molecular formula is C31H40F2N8O. The van der Waals surface area contributed by atoms with E-state index in [-0.39, 0.29) is 28.8 Å². The third-order valence-electron chi connectivity index (χ3n) is 7.92. The number of nitrogens with zero attached hydrogens (tertiary/aromatic N) is 7. The molecule has 0 radical (unpaired) electrons. The number of imidazole rings is 1. The van der Waals surface area contributed by atoms with Crippen LogP contribution in [0.2, 0.25) is 0 Å². The van der Waals surface area contributed by atoms with Gasteiger partial charge >= 0.3 is 0 Å². The summed E-state index contributed by atoms with van der Waals surface area (Å²) in [6.45, 7) is 12.3. The Balaban J connectivity index is 1.31. The number of nitrogens with one attached hydrogen (secondary N) is 1. The smallest absolute Gasteiger partial charge is 0.229 e. The summed E-state index contributed by atoms with van der Waals surface area (Å²) in [5.41, 5.74) is 2.12. The number of morpholine rings is 1. The summed E-state index contributed by atoms with van der Waals surface area (Å²) >= 11 is 0. The van der Waals surface area contributed by atoms with Crippen molar-refractivity contribution in [3.05, 3.63) is 59.7 Å². The molecule has 224 valence electrons. The summed E-state index contributed by atoms with van der Waals surface area (Å²) in [5.74, 6) is 0.224. The van der Waals surface area contributed by atoms with E-state index >= 15 is 4.39 Å². The lowest BCUT2D eigenvalue weighted by atomic mass is 9.93. The number of pyridine rings is 1. The predicted octanol–water partition coefficient (Wildman–Crippen LogP) is 5.73. The highest BCUT2D eigenvalue weighted by atomic mass is 19.1. The van der Waals surface area contributed by atoms with Gasteiger partial charge in [-0.1, -0.05) is 13.0 Å². The fraction of sp³-hybridized carbons (Fsp3) is 0.484. The van der Waals surface area contributed by atoms with Gasteiger partial charge in [0.25, 0.3) is 0 Å². The van der Waals surface area contributed by atoms with Gasteiger partial charge < -0.3 is 19.5 Å². The Hall–Kier alpha value is -3.54. The highest BCUT2D eigenvalue weighted by Crippen LogP contribution is 2.31. The van der Waals surface area contributed by atoms with E-state index in [2.05, 4.69) is 56.1 Å². The number of aryl methyl sites for hydroxylation is 1. The third-order valence-corrected chi connectivity index (χ3v) is 7.92. The lowest BCUT2D eigenvalue weighted by Gasteiger charge is -2.43. The Labute approximate surface area is 246 Å². The average molecular weight is 579 g/mol. The van der Waals surface area contributed by atoms with Crippen molar-refractivity contribution < 1.29 is 13.5 Å². The molecule has 3 aromatic heterocycles. The third kappa shape index (κ3) is 6.43. The Bertz CT molecular complexity index is 1540. The van der Waals surface area contributed by atoms with Gasteiger partial charge in [0.1, 0.15) is 22.9 Å². The highest BCUT2D eigenvalue weighted by Gasteiger charge is 2.34. The molecule has 1 aliphatic rings. The summed E-state index contributed by atoms with van der Waals surface area (Å²) in [6, 6.07) is 6.92. The van der Waals surface area contributed by atoms with E-state index in [1.165, 1.54) is 6.07 Å². The first kappa shape index (κ1) is 29.9. The predicted molar refractivity (Wildman–Crippen MR) is 161 cm³/mol. The van der Waals surface area contributed by atoms with E-state index < -0.39 is 11.6 Å². The molecule has 5 rings (SSSR count). The maximum absolute atomic E-state index is 15.0. The van der Waals surface area contributed by atoms with Gasteiger partial charge in [-0.05, 0) is 71.5 Å². The number of hydrogen-bond acceptors (Lipinski definition) is 8. The summed E-state index contributed by atoms with van der Waals surface area (Å²) < 4.78 is 38.1. The highest BCUT2D eigenvalue weighted by molar-refractivity contribution is 5.83. The van der Waals surface area contributed by atoms with E-state index in [9.17, 15) is 4.39 Å². The summed E-state index contributed by atoms with van der Waals surface area (Å²) in [7, 11) is 4.18. The first-order valence-corrected chi connectivity index (χ1v) is 14.5. The minimum atomic E-state index is -0.644. The molecule has 0 aliphatic carbocycles. The molecule has 1 saturated heterocycles. The minimum Gasteiger partial charge on any atom is -0.372 e. The maximum atomic E-state index is 15.0. The Morgan fingerprint density at radius 3 is 2.60 bits per heavy atom. The van der Waals surface area contributed by atoms with Crippen LogP contribution >= 0.6 is 0 Å². The monoisotopic (exact) mass is 578 g/mol. The van der Waals surface area contributed by atoms with E-state index in [0.717, 1.165) is 57.4 Å². The lowest BCUT2D eigenvalue weighted by Crippen LogP contribution is -2.52. The summed E-state index contributed by atoms with van der Waals surface area (Å²) in [5, 5.41) is 3.06. The van der Waals surface area contributed by atoms with Crippen LogP contribution in [-0.4, -0.2) is 80.2 Å². The van der Waals surface area contributed by atoms with Crippen molar-refractivity contribution in [2.24, 2.45) is 0 Å². The number of benzene rings is 1. The zero-order chi connectivity index (χ0) is 30.0. The van der Waals surface area contributed by atoms with Crippen molar-refractivity contribution in [3.63, 3.8) is 0 Å². The molecule has 1 fully saturated rings. The van der Waals surface area contributed by atoms with Crippen molar-refractivity contribution in [1.82, 2.24) is 34.3 Å². The number of aromatic nitrogens is 5. The molecule has 0 amide bonds. The average Bonchev–Trinajstić information content (AvgIpc) is 3.31. The SMILES string of the molecule is CC[C@@]1(CCN(C)C)CN(Cc2ccc(Nc3ncc(F)c(-c4cc(F)c5nc(C)n(C(C)C)c5c4)n3)nc2)CCO1. The van der Waals surface area contributed by atoms with E-state index in [1.54, 1.807) is 6.07 Å². The number of ether oxygens (including phenoxy) is 1. The fourth-order valence-corrected chi connectivity index (χ4v) is 5.68. The standard InChI is InChI=1S/C31H40F2N8O/c1-7-31(10-11-39(5)6)19-40(12-13-42-31)18-22-8-9-27(34-16-22)37-30-35-17-25(33)28(38-30)23-14-24(32)29-26(15-23)41(20(2)3)21(4)36-29/h8-9,14-17,20H,7,10-13,18-19H2,1-6H3,(H,34,35,37,38)/t31-/m1/s1. The Morgan fingerprint density at radius 1 is 1.10 bits per heavy atom. The van der Waals surface area contributed by atoms with Crippen molar-refractivity contribution in [2.45, 2.75) is 58.7 Å². The first-order chi connectivity index (χ1) is 20.1. The first-order valence-electron chi connectivity index (χ1n) is 14.5.